The first kappa shape index (κ1) is 23.4. The molecule has 3 aromatic rings. The van der Waals surface area contributed by atoms with Crippen molar-refractivity contribution in [3.05, 3.63) is 96.4 Å². The van der Waals surface area contributed by atoms with Crippen molar-refractivity contribution in [3.63, 3.8) is 0 Å². The predicted octanol–water partition coefficient (Wildman–Crippen LogP) is 7.64. The highest BCUT2D eigenvalue weighted by Gasteiger charge is 2.13. The number of nitrogens with zero attached hydrogens (tertiary/aromatic N) is 1. The third kappa shape index (κ3) is 6.59. The van der Waals surface area contributed by atoms with Gasteiger partial charge in [0, 0.05) is 15.7 Å². The minimum Gasteiger partial charge on any atom is -0.487 e. The van der Waals surface area contributed by atoms with Crippen molar-refractivity contribution in [1.29, 1.82) is 5.26 Å². The zero-order valence-electron chi connectivity index (χ0n) is 15.8. The minimum absolute atomic E-state index is 0.0497. The Hall–Kier alpha value is -2.30. The second-order valence-corrected chi connectivity index (χ2v) is 8.95. The number of nitriles is 1. The van der Waals surface area contributed by atoms with E-state index in [0.29, 0.717) is 42.6 Å². The Kier molecular flexibility index (Phi) is 8.16. The van der Waals surface area contributed by atoms with Crippen molar-refractivity contribution < 1.29 is 9.53 Å². The summed E-state index contributed by atoms with van der Waals surface area (Å²) in [7, 11) is 0. The average molecular weight is 581 g/mol. The first-order valence-corrected chi connectivity index (χ1v) is 11.2. The van der Waals surface area contributed by atoms with E-state index in [2.05, 4.69) is 37.2 Å². The lowest BCUT2D eigenvalue weighted by molar-refractivity contribution is -0.112. The smallest absolute Gasteiger partial charge is 0.266 e. The molecule has 0 aliphatic rings. The molecule has 0 radical (unpaired) electrons. The Bertz CT molecular complexity index is 1180. The van der Waals surface area contributed by atoms with E-state index in [-0.39, 0.29) is 5.57 Å². The van der Waals surface area contributed by atoms with Gasteiger partial charge < -0.3 is 10.1 Å². The number of benzene rings is 3. The molecule has 3 aromatic carbocycles. The summed E-state index contributed by atoms with van der Waals surface area (Å²) in [6, 6.07) is 19.6. The van der Waals surface area contributed by atoms with Crippen molar-refractivity contribution in [2.24, 2.45) is 0 Å². The lowest BCUT2D eigenvalue weighted by Gasteiger charge is -2.12. The fraction of sp³-hybridized carbons (Fsp3) is 0.0435. The van der Waals surface area contributed by atoms with Crippen molar-refractivity contribution in [2.45, 2.75) is 6.61 Å². The second-order valence-electron chi connectivity index (χ2n) is 6.37. The van der Waals surface area contributed by atoms with Crippen LogP contribution in [0.4, 0.5) is 5.69 Å². The molecule has 0 heterocycles. The fourth-order valence-electron chi connectivity index (χ4n) is 2.66. The molecule has 0 aliphatic carbocycles. The van der Waals surface area contributed by atoms with E-state index in [1.54, 1.807) is 42.5 Å². The van der Waals surface area contributed by atoms with Gasteiger partial charge in [0.1, 0.15) is 24.0 Å². The van der Waals surface area contributed by atoms with E-state index < -0.39 is 5.91 Å². The molecule has 31 heavy (non-hydrogen) atoms. The molecule has 0 saturated heterocycles. The van der Waals surface area contributed by atoms with Crippen molar-refractivity contribution in [1.82, 2.24) is 0 Å². The van der Waals surface area contributed by atoms with E-state index in [0.717, 1.165) is 5.56 Å². The Morgan fingerprint density at radius 1 is 1.03 bits per heavy atom. The van der Waals surface area contributed by atoms with Gasteiger partial charge in [-0.2, -0.15) is 5.26 Å². The first-order valence-electron chi connectivity index (χ1n) is 8.90. The summed E-state index contributed by atoms with van der Waals surface area (Å²) in [5.41, 5.74) is 2.03. The van der Waals surface area contributed by atoms with E-state index in [1.165, 1.54) is 6.08 Å². The molecule has 0 saturated carbocycles. The Balaban J connectivity index is 1.77. The lowest BCUT2D eigenvalue weighted by Crippen LogP contribution is -2.13. The lowest BCUT2D eigenvalue weighted by atomic mass is 10.1. The molecule has 156 valence electrons. The summed E-state index contributed by atoms with van der Waals surface area (Å²) in [4.78, 5) is 12.5. The Morgan fingerprint density at radius 2 is 1.68 bits per heavy atom. The average Bonchev–Trinajstić information content (AvgIpc) is 2.71. The normalized spacial score (nSPS) is 11.0. The van der Waals surface area contributed by atoms with Crippen LogP contribution in [-0.4, -0.2) is 5.91 Å². The number of hydrogen-bond acceptors (Lipinski definition) is 3. The number of carbonyl (C=O) groups excluding carboxylic acids is 1. The fourth-order valence-corrected chi connectivity index (χ4v) is 4.52. The highest BCUT2D eigenvalue weighted by molar-refractivity contribution is 9.11. The van der Waals surface area contributed by atoms with Gasteiger partial charge in [0.15, 0.2) is 0 Å². The second kappa shape index (κ2) is 10.8. The van der Waals surface area contributed by atoms with Gasteiger partial charge in [0.25, 0.3) is 5.91 Å². The van der Waals surface area contributed by atoms with Gasteiger partial charge in [-0.3, -0.25) is 4.79 Å². The molecular weight excluding hydrogens is 567 g/mol. The SMILES string of the molecule is N#C/C(=C\c1cc(Br)c(OCc2cccc(Cl)c2)c(Br)c1)C(=O)Nc1cccc(Cl)c1. The Labute approximate surface area is 206 Å². The molecule has 0 aliphatic heterocycles. The maximum absolute atomic E-state index is 12.5. The molecule has 0 spiro atoms. The summed E-state index contributed by atoms with van der Waals surface area (Å²) in [5, 5.41) is 13.2. The van der Waals surface area contributed by atoms with Gasteiger partial charge in [0.2, 0.25) is 0 Å². The van der Waals surface area contributed by atoms with Gasteiger partial charge in [-0.05, 0) is 91.5 Å². The van der Waals surface area contributed by atoms with Crippen LogP contribution < -0.4 is 10.1 Å². The molecule has 1 amide bonds. The van der Waals surface area contributed by atoms with Crippen LogP contribution in [0, 0.1) is 11.3 Å². The maximum Gasteiger partial charge on any atom is 0.266 e. The number of hydrogen-bond donors (Lipinski definition) is 1. The largest absolute Gasteiger partial charge is 0.487 e. The van der Waals surface area contributed by atoms with Gasteiger partial charge in [-0.15, -0.1) is 0 Å². The van der Waals surface area contributed by atoms with Crippen LogP contribution in [-0.2, 0) is 11.4 Å². The van der Waals surface area contributed by atoms with Crippen LogP contribution in [0.5, 0.6) is 5.75 Å². The van der Waals surface area contributed by atoms with Gasteiger partial charge in [-0.25, -0.2) is 0 Å². The highest BCUT2D eigenvalue weighted by Crippen LogP contribution is 2.36. The number of anilines is 1. The number of ether oxygens (including phenoxy) is 1. The van der Waals surface area contributed by atoms with Crippen LogP contribution in [0.1, 0.15) is 11.1 Å². The summed E-state index contributed by atoms with van der Waals surface area (Å²) in [6.45, 7) is 0.332. The number of nitrogens with one attached hydrogen (secondary N) is 1. The number of halogens is 4. The van der Waals surface area contributed by atoms with Gasteiger partial charge in [-0.1, -0.05) is 41.4 Å². The monoisotopic (exact) mass is 578 g/mol. The number of rotatable bonds is 6. The standard InChI is InChI=1S/C23H14Br2Cl2N2O2/c24-20-9-15(7-16(12-28)23(30)29-19-6-2-5-18(27)11-19)10-21(25)22(20)31-13-14-3-1-4-17(26)8-14/h1-11H,13H2,(H,29,30)/b16-7+. The molecule has 8 heteroatoms. The molecule has 0 unspecified atom stereocenters. The first-order chi connectivity index (χ1) is 14.9. The van der Waals surface area contributed by atoms with E-state index >= 15 is 0 Å². The minimum atomic E-state index is -0.529. The Morgan fingerprint density at radius 3 is 2.29 bits per heavy atom. The van der Waals surface area contributed by atoms with Gasteiger partial charge in [0.05, 0.1) is 8.95 Å². The third-order valence-corrected chi connectivity index (χ3v) is 5.70. The summed E-state index contributed by atoms with van der Waals surface area (Å²) in [5.74, 6) is 0.0670. The quantitative estimate of drug-likeness (QED) is 0.241. The van der Waals surface area contributed by atoms with E-state index in [1.807, 2.05) is 24.3 Å². The van der Waals surface area contributed by atoms with Crippen LogP contribution in [0.2, 0.25) is 10.0 Å². The van der Waals surface area contributed by atoms with E-state index in [4.69, 9.17) is 27.9 Å². The molecule has 0 atom stereocenters. The predicted molar refractivity (Wildman–Crippen MR) is 131 cm³/mol. The molecule has 3 rings (SSSR count). The van der Waals surface area contributed by atoms with Gasteiger partial charge >= 0.3 is 0 Å². The molecular formula is C23H14Br2Cl2N2O2. The topological polar surface area (TPSA) is 62.1 Å². The van der Waals surface area contributed by atoms with E-state index in [9.17, 15) is 10.1 Å². The summed E-state index contributed by atoms with van der Waals surface area (Å²) < 4.78 is 7.24. The zero-order chi connectivity index (χ0) is 22.4. The highest BCUT2D eigenvalue weighted by atomic mass is 79.9. The molecule has 1 N–H and O–H groups in total. The molecule has 4 nitrogen and oxygen atoms in total. The van der Waals surface area contributed by atoms with Crippen LogP contribution in [0.15, 0.2) is 75.2 Å². The zero-order valence-corrected chi connectivity index (χ0v) is 20.5. The van der Waals surface area contributed by atoms with Crippen molar-refractivity contribution in [3.8, 4) is 11.8 Å². The molecule has 0 fully saturated rings. The molecule has 0 bridgehead atoms. The van der Waals surface area contributed by atoms with Crippen LogP contribution >= 0.6 is 55.1 Å². The number of carbonyl (C=O) groups is 1. The number of amides is 1. The van der Waals surface area contributed by atoms with Crippen LogP contribution in [0.25, 0.3) is 6.08 Å². The van der Waals surface area contributed by atoms with Crippen molar-refractivity contribution in [2.75, 3.05) is 5.32 Å². The third-order valence-electron chi connectivity index (χ3n) is 4.05. The molecule has 0 aromatic heterocycles. The maximum atomic E-state index is 12.5. The summed E-state index contributed by atoms with van der Waals surface area (Å²) in [6.07, 6.45) is 1.50. The summed E-state index contributed by atoms with van der Waals surface area (Å²) >= 11 is 18.9. The van der Waals surface area contributed by atoms with Crippen LogP contribution in [0.3, 0.4) is 0 Å². The van der Waals surface area contributed by atoms with Crippen molar-refractivity contribution >= 4 is 72.7 Å².